The standard InChI is InChI=1S/C10H13N3O4S/c1-6(9(14)13-10(12)15)18(16,17)8-4-2-3-7(11)5-8/h2-6H,11H2,1H3,(H3,12,13,14,15). The molecule has 0 aliphatic rings. The van der Waals surface area contributed by atoms with Crippen molar-refractivity contribution < 1.29 is 18.0 Å². The molecule has 0 aromatic heterocycles. The number of urea groups is 1. The van der Waals surface area contributed by atoms with Crippen LogP contribution >= 0.6 is 0 Å². The monoisotopic (exact) mass is 271 g/mol. The first kappa shape index (κ1) is 14.0. The molecule has 0 fully saturated rings. The Morgan fingerprint density at radius 1 is 1.33 bits per heavy atom. The Labute approximate surface area is 104 Å². The highest BCUT2D eigenvalue weighted by atomic mass is 32.2. The zero-order valence-electron chi connectivity index (χ0n) is 9.58. The van der Waals surface area contributed by atoms with Gasteiger partial charge in [0.25, 0.3) is 0 Å². The summed E-state index contributed by atoms with van der Waals surface area (Å²) < 4.78 is 24.1. The van der Waals surface area contributed by atoms with Crippen molar-refractivity contribution >= 4 is 27.5 Å². The molecule has 0 radical (unpaired) electrons. The molecule has 0 aliphatic heterocycles. The van der Waals surface area contributed by atoms with Crippen LogP contribution in [0.3, 0.4) is 0 Å². The molecule has 1 atom stereocenters. The summed E-state index contributed by atoms with van der Waals surface area (Å²) in [7, 11) is -3.91. The van der Waals surface area contributed by atoms with Crippen LogP contribution in [-0.4, -0.2) is 25.6 Å². The predicted octanol–water partition coefficient (Wildman–Crippen LogP) is -0.374. The van der Waals surface area contributed by atoms with Crippen LogP contribution in [0, 0.1) is 0 Å². The first-order chi connectivity index (χ1) is 8.25. The van der Waals surface area contributed by atoms with Crippen molar-refractivity contribution in [3.05, 3.63) is 24.3 Å². The van der Waals surface area contributed by atoms with E-state index in [9.17, 15) is 18.0 Å². The lowest BCUT2D eigenvalue weighted by molar-refractivity contribution is -0.119. The number of benzene rings is 1. The van der Waals surface area contributed by atoms with Gasteiger partial charge >= 0.3 is 6.03 Å². The maximum absolute atomic E-state index is 12.0. The summed E-state index contributed by atoms with van der Waals surface area (Å²) in [5.41, 5.74) is 10.5. The zero-order chi connectivity index (χ0) is 13.9. The first-order valence-electron chi connectivity index (χ1n) is 4.95. The van der Waals surface area contributed by atoms with Crippen molar-refractivity contribution in [1.29, 1.82) is 0 Å². The third kappa shape index (κ3) is 2.98. The Bertz CT molecular complexity index is 583. The fraction of sp³-hybridized carbons (Fsp3) is 0.200. The largest absolute Gasteiger partial charge is 0.399 e. The molecule has 0 bridgehead atoms. The van der Waals surface area contributed by atoms with Crippen LogP contribution in [0.15, 0.2) is 29.2 Å². The number of amides is 3. The summed E-state index contributed by atoms with van der Waals surface area (Å²) in [6.45, 7) is 1.16. The van der Waals surface area contributed by atoms with E-state index in [1.54, 1.807) is 5.32 Å². The molecule has 8 heteroatoms. The topological polar surface area (TPSA) is 132 Å². The summed E-state index contributed by atoms with van der Waals surface area (Å²) in [6, 6.07) is 4.44. The lowest BCUT2D eigenvalue weighted by Crippen LogP contribution is -2.43. The van der Waals surface area contributed by atoms with Gasteiger partial charge in [0.15, 0.2) is 9.84 Å². The van der Waals surface area contributed by atoms with E-state index in [-0.39, 0.29) is 10.6 Å². The molecule has 0 heterocycles. The van der Waals surface area contributed by atoms with Crippen LogP contribution in [-0.2, 0) is 14.6 Å². The minimum absolute atomic E-state index is 0.0883. The SMILES string of the molecule is CC(C(=O)NC(N)=O)S(=O)(=O)c1cccc(N)c1. The second-order valence-corrected chi connectivity index (χ2v) is 5.88. The molecule has 0 spiro atoms. The van der Waals surface area contributed by atoms with E-state index < -0.39 is 27.0 Å². The van der Waals surface area contributed by atoms with Gasteiger partial charge in [0, 0.05) is 5.69 Å². The summed E-state index contributed by atoms with van der Waals surface area (Å²) in [4.78, 5) is 21.9. The molecule has 3 amide bonds. The molecule has 7 nitrogen and oxygen atoms in total. The van der Waals surface area contributed by atoms with Gasteiger partial charge in [0.05, 0.1) is 4.90 Å². The average Bonchev–Trinajstić information content (AvgIpc) is 2.27. The van der Waals surface area contributed by atoms with Crippen molar-refractivity contribution in [3.63, 3.8) is 0 Å². The van der Waals surface area contributed by atoms with Gasteiger partial charge in [0.2, 0.25) is 5.91 Å². The summed E-state index contributed by atoms with van der Waals surface area (Å²) >= 11 is 0. The summed E-state index contributed by atoms with van der Waals surface area (Å²) in [6.07, 6.45) is 0. The Morgan fingerprint density at radius 3 is 2.44 bits per heavy atom. The quantitative estimate of drug-likeness (QED) is 0.645. The maximum Gasteiger partial charge on any atom is 0.318 e. The molecule has 1 unspecified atom stereocenters. The van der Waals surface area contributed by atoms with Gasteiger partial charge in [-0.05, 0) is 25.1 Å². The first-order valence-corrected chi connectivity index (χ1v) is 6.49. The summed E-state index contributed by atoms with van der Waals surface area (Å²) in [5, 5.41) is 0.284. The Morgan fingerprint density at radius 2 is 1.94 bits per heavy atom. The fourth-order valence-electron chi connectivity index (χ4n) is 1.26. The van der Waals surface area contributed by atoms with Crippen LogP contribution in [0.25, 0.3) is 0 Å². The number of carbonyl (C=O) groups is 2. The maximum atomic E-state index is 12.0. The second-order valence-electron chi connectivity index (χ2n) is 3.61. The number of anilines is 1. The molecular weight excluding hydrogens is 258 g/mol. The van der Waals surface area contributed by atoms with Gasteiger partial charge in [-0.25, -0.2) is 13.2 Å². The Kier molecular flexibility index (Phi) is 3.92. The average molecular weight is 271 g/mol. The van der Waals surface area contributed by atoms with E-state index in [1.165, 1.54) is 24.3 Å². The number of carbonyl (C=O) groups excluding carboxylic acids is 2. The van der Waals surface area contributed by atoms with E-state index in [2.05, 4.69) is 0 Å². The Hall–Kier alpha value is -2.09. The van der Waals surface area contributed by atoms with Crippen molar-refractivity contribution in [1.82, 2.24) is 5.32 Å². The number of primary amides is 1. The predicted molar refractivity (Wildman–Crippen MR) is 65.2 cm³/mol. The minimum atomic E-state index is -3.91. The summed E-state index contributed by atoms with van der Waals surface area (Å²) in [5.74, 6) is -0.982. The van der Waals surface area contributed by atoms with Crippen molar-refractivity contribution in [2.75, 3.05) is 5.73 Å². The highest BCUT2D eigenvalue weighted by Crippen LogP contribution is 2.18. The molecule has 5 N–H and O–H groups in total. The normalized spacial score (nSPS) is 12.7. The molecule has 1 rings (SSSR count). The van der Waals surface area contributed by atoms with Gasteiger partial charge in [-0.2, -0.15) is 0 Å². The number of imide groups is 1. The minimum Gasteiger partial charge on any atom is -0.399 e. The van der Waals surface area contributed by atoms with Crippen LogP contribution in [0.1, 0.15) is 6.92 Å². The van der Waals surface area contributed by atoms with Crippen molar-refractivity contribution in [3.8, 4) is 0 Å². The van der Waals surface area contributed by atoms with Gasteiger partial charge in [-0.15, -0.1) is 0 Å². The van der Waals surface area contributed by atoms with E-state index in [0.29, 0.717) is 0 Å². The molecule has 18 heavy (non-hydrogen) atoms. The number of hydrogen-bond acceptors (Lipinski definition) is 5. The number of sulfone groups is 1. The lowest BCUT2D eigenvalue weighted by Gasteiger charge is -2.12. The third-order valence-electron chi connectivity index (χ3n) is 2.27. The second kappa shape index (κ2) is 5.05. The van der Waals surface area contributed by atoms with Gasteiger partial charge in [0.1, 0.15) is 5.25 Å². The number of rotatable bonds is 3. The van der Waals surface area contributed by atoms with Gasteiger partial charge in [-0.3, -0.25) is 10.1 Å². The smallest absolute Gasteiger partial charge is 0.318 e. The highest BCUT2D eigenvalue weighted by molar-refractivity contribution is 7.92. The molecule has 98 valence electrons. The van der Waals surface area contributed by atoms with Crippen LogP contribution < -0.4 is 16.8 Å². The van der Waals surface area contributed by atoms with Gasteiger partial charge in [-0.1, -0.05) is 6.07 Å². The number of nitrogens with two attached hydrogens (primary N) is 2. The van der Waals surface area contributed by atoms with Crippen LogP contribution in [0.4, 0.5) is 10.5 Å². The fourth-order valence-corrected chi connectivity index (χ4v) is 2.58. The van der Waals surface area contributed by atoms with Gasteiger partial charge < -0.3 is 11.5 Å². The van der Waals surface area contributed by atoms with E-state index in [0.717, 1.165) is 6.92 Å². The zero-order valence-corrected chi connectivity index (χ0v) is 10.4. The molecule has 0 aliphatic carbocycles. The molecule has 0 saturated heterocycles. The van der Waals surface area contributed by atoms with E-state index in [1.807, 2.05) is 0 Å². The van der Waals surface area contributed by atoms with E-state index in [4.69, 9.17) is 11.5 Å². The molecule has 1 aromatic carbocycles. The number of nitrogen functional groups attached to an aromatic ring is 1. The number of nitrogens with one attached hydrogen (secondary N) is 1. The van der Waals surface area contributed by atoms with Crippen molar-refractivity contribution in [2.45, 2.75) is 17.1 Å². The third-order valence-corrected chi connectivity index (χ3v) is 4.32. The van der Waals surface area contributed by atoms with Crippen LogP contribution in [0.2, 0.25) is 0 Å². The van der Waals surface area contributed by atoms with E-state index >= 15 is 0 Å². The van der Waals surface area contributed by atoms with Crippen molar-refractivity contribution in [2.24, 2.45) is 5.73 Å². The molecule has 0 saturated carbocycles. The number of hydrogen-bond donors (Lipinski definition) is 3. The molecule has 1 aromatic rings. The lowest BCUT2D eigenvalue weighted by atomic mass is 10.3. The highest BCUT2D eigenvalue weighted by Gasteiger charge is 2.30. The molecular formula is C10H13N3O4S. The van der Waals surface area contributed by atoms with Crippen LogP contribution in [0.5, 0.6) is 0 Å². The Balaban J connectivity index is 3.07.